The van der Waals surface area contributed by atoms with Crippen LogP contribution in [0.25, 0.3) is 0 Å². The first kappa shape index (κ1) is 12.6. The number of hydrogen-bond acceptors (Lipinski definition) is 6. The Kier molecular flexibility index (Phi) is 3.63. The second kappa shape index (κ2) is 5.19. The summed E-state index contributed by atoms with van der Waals surface area (Å²) in [4.78, 5) is 21.9. The predicted octanol–water partition coefficient (Wildman–Crippen LogP) is 0.952. The smallest absolute Gasteiger partial charge is 0.253 e. The quantitative estimate of drug-likeness (QED) is 0.713. The third kappa shape index (κ3) is 3.08. The van der Waals surface area contributed by atoms with E-state index in [0.29, 0.717) is 10.2 Å². The largest absolute Gasteiger partial charge is 0.389 e. The van der Waals surface area contributed by atoms with Crippen LogP contribution in [0.2, 0.25) is 0 Å². The fourth-order valence-electron chi connectivity index (χ4n) is 1.30. The summed E-state index contributed by atoms with van der Waals surface area (Å²) in [6.07, 6.45) is 1.03. The summed E-state index contributed by atoms with van der Waals surface area (Å²) in [5.41, 5.74) is 5.91. The van der Waals surface area contributed by atoms with Crippen molar-refractivity contribution in [3.05, 3.63) is 40.3 Å². The highest BCUT2D eigenvalue weighted by Crippen LogP contribution is 2.23. The SMILES string of the molecule is C[C@H](O)c1ccc(Sc2nc(N)cc(=O)[nH]2)nc1. The van der Waals surface area contributed by atoms with Crippen LogP contribution >= 0.6 is 11.8 Å². The number of aromatic nitrogens is 3. The zero-order valence-electron chi connectivity index (χ0n) is 9.62. The van der Waals surface area contributed by atoms with Crippen LogP contribution < -0.4 is 11.3 Å². The molecule has 0 aliphatic carbocycles. The summed E-state index contributed by atoms with van der Waals surface area (Å²) < 4.78 is 0. The first-order valence-corrected chi connectivity index (χ1v) is 6.05. The molecule has 0 aliphatic heterocycles. The molecule has 18 heavy (non-hydrogen) atoms. The van der Waals surface area contributed by atoms with Gasteiger partial charge in [-0.3, -0.25) is 4.79 Å². The lowest BCUT2D eigenvalue weighted by Gasteiger charge is -2.05. The predicted molar refractivity (Wildman–Crippen MR) is 68.3 cm³/mol. The standard InChI is InChI=1S/C11H12N4O2S/c1-6(16)7-2-3-10(13-5-7)18-11-14-8(12)4-9(17)15-11/h2-6,16H,1H3,(H3,12,14,15,17)/t6-/m0/s1. The van der Waals surface area contributed by atoms with Crippen molar-refractivity contribution < 1.29 is 5.11 Å². The number of nitrogens with zero attached hydrogens (tertiary/aromatic N) is 2. The van der Waals surface area contributed by atoms with Gasteiger partial charge in [-0.2, -0.15) is 0 Å². The van der Waals surface area contributed by atoms with Gasteiger partial charge >= 0.3 is 0 Å². The lowest BCUT2D eigenvalue weighted by molar-refractivity contribution is 0.198. The van der Waals surface area contributed by atoms with Crippen molar-refractivity contribution in [2.24, 2.45) is 0 Å². The number of aliphatic hydroxyl groups excluding tert-OH is 1. The minimum absolute atomic E-state index is 0.168. The molecule has 0 saturated heterocycles. The maximum atomic E-state index is 11.2. The maximum absolute atomic E-state index is 11.2. The fraction of sp³-hybridized carbons (Fsp3) is 0.182. The van der Waals surface area contributed by atoms with Gasteiger partial charge in [0, 0.05) is 12.3 Å². The highest BCUT2D eigenvalue weighted by Gasteiger charge is 2.05. The molecule has 0 aliphatic rings. The minimum atomic E-state index is -0.554. The lowest BCUT2D eigenvalue weighted by atomic mass is 10.2. The molecule has 94 valence electrons. The van der Waals surface area contributed by atoms with Crippen molar-refractivity contribution in [2.45, 2.75) is 23.2 Å². The Hall–Kier alpha value is -1.86. The number of rotatable bonds is 3. The molecule has 2 rings (SSSR count). The third-order valence-electron chi connectivity index (χ3n) is 2.18. The van der Waals surface area contributed by atoms with Crippen LogP contribution in [0.15, 0.2) is 39.4 Å². The summed E-state index contributed by atoms with van der Waals surface area (Å²) in [5.74, 6) is 0.168. The molecule has 0 amide bonds. The van der Waals surface area contributed by atoms with Gasteiger partial charge in [0.15, 0.2) is 5.16 Å². The molecule has 7 heteroatoms. The molecule has 4 N–H and O–H groups in total. The van der Waals surface area contributed by atoms with Gasteiger partial charge in [-0.25, -0.2) is 9.97 Å². The number of nitrogen functional groups attached to an aromatic ring is 1. The van der Waals surface area contributed by atoms with E-state index in [2.05, 4.69) is 15.0 Å². The molecule has 0 saturated carbocycles. The molecule has 0 spiro atoms. The number of hydrogen-bond donors (Lipinski definition) is 3. The van der Waals surface area contributed by atoms with E-state index in [4.69, 9.17) is 5.73 Å². The summed E-state index contributed by atoms with van der Waals surface area (Å²) >= 11 is 1.20. The van der Waals surface area contributed by atoms with Crippen molar-refractivity contribution in [3.63, 3.8) is 0 Å². The van der Waals surface area contributed by atoms with Crippen molar-refractivity contribution in [1.82, 2.24) is 15.0 Å². The van der Waals surface area contributed by atoms with Gasteiger partial charge in [0.25, 0.3) is 5.56 Å². The molecule has 2 aromatic heterocycles. The van der Waals surface area contributed by atoms with E-state index in [1.54, 1.807) is 25.3 Å². The maximum Gasteiger partial charge on any atom is 0.253 e. The zero-order chi connectivity index (χ0) is 13.1. The normalized spacial score (nSPS) is 12.3. The van der Waals surface area contributed by atoms with Gasteiger partial charge in [-0.15, -0.1) is 0 Å². The Morgan fingerprint density at radius 1 is 1.50 bits per heavy atom. The van der Waals surface area contributed by atoms with Crippen molar-refractivity contribution in [1.29, 1.82) is 0 Å². The number of aromatic amines is 1. The van der Waals surface area contributed by atoms with Gasteiger partial charge in [0.05, 0.1) is 6.10 Å². The van der Waals surface area contributed by atoms with Crippen molar-refractivity contribution in [3.8, 4) is 0 Å². The van der Waals surface area contributed by atoms with Crippen LogP contribution in [0.1, 0.15) is 18.6 Å². The molecular weight excluding hydrogens is 252 g/mol. The average Bonchev–Trinajstić information content (AvgIpc) is 2.28. The van der Waals surface area contributed by atoms with E-state index in [-0.39, 0.29) is 11.4 Å². The van der Waals surface area contributed by atoms with Crippen LogP contribution in [0.4, 0.5) is 5.82 Å². The third-order valence-corrected chi connectivity index (χ3v) is 3.02. The van der Waals surface area contributed by atoms with E-state index < -0.39 is 6.10 Å². The van der Waals surface area contributed by atoms with E-state index in [0.717, 1.165) is 5.56 Å². The van der Waals surface area contributed by atoms with E-state index in [9.17, 15) is 9.90 Å². The monoisotopic (exact) mass is 264 g/mol. The van der Waals surface area contributed by atoms with E-state index in [1.165, 1.54) is 17.8 Å². The first-order chi connectivity index (χ1) is 8.54. The first-order valence-electron chi connectivity index (χ1n) is 5.23. The van der Waals surface area contributed by atoms with E-state index in [1.807, 2.05) is 0 Å². The molecular formula is C11H12N4O2S. The van der Waals surface area contributed by atoms with Gasteiger partial charge in [0.2, 0.25) is 0 Å². The van der Waals surface area contributed by atoms with Crippen LogP contribution in [0, 0.1) is 0 Å². The topological polar surface area (TPSA) is 105 Å². The van der Waals surface area contributed by atoms with Gasteiger partial charge in [-0.1, -0.05) is 6.07 Å². The van der Waals surface area contributed by atoms with Crippen molar-refractivity contribution >= 4 is 17.6 Å². The molecule has 0 unspecified atom stereocenters. The Bertz CT molecular complexity index is 595. The van der Waals surface area contributed by atoms with Gasteiger partial charge in [-0.05, 0) is 30.3 Å². The number of nitrogens with two attached hydrogens (primary N) is 1. The summed E-state index contributed by atoms with van der Waals surface area (Å²) in [5, 5.41) is 10.4. The molecule has 0 aromatic carbocycles. The second-order valence-electron chi connectivity index (χ2n) is 3.68. The van der Waals surface area contributed by atoms with Crippen LogP contribution in [0.3, 0.4) is 0 Å². The van der Waals surface area contributed by atoms with Crippen LogP contribution in [-0.4, -0.2) is 20.1 Å². The molecule has 2 heterocycles. The Balaban J connectivity index is 2.20. The average molecular weight is 264 g/mol. The highest BCUT2D eigenvalue weighted by atomic mass is 32.2. The number of nitrogens with one attached hydrogen (secondary N) is 1. The number of H-pyrrole nitrogens is 1. The lowest BCUT2D eigenvalue weighted by Crippen LogP contribution is -2.09. The zero-order valence-corrected chi connectivity index (χ0v) is 10.4. The summed E-state index contributed by atoms with van der Waals surface area (Å²) in [6, 6.07) is 4.73. The van der Waals surface area contributed by atoms with E-state index >= 15 is 0 Å². The Morgan fingerprint density at radius 3 is 2.83 bits per heavy atom. The van der Waals surface area contributed by atoms with Gasteiger partial charge < -0.3 is 15.8 Å². The summed E-state index contributed by atoms with van der Waals surface area (Å²) in [6.45, 7) is 1.67. The Morgan fingerprint density at radius 2 is 2.28 bits per heavy atom. The molecule has 2 aromatic rings. The molecule has 0 fully saturated rings. The van der Waals surface area contributed by atoms with Crippen LogP contribution in [-0.2, 0) is 0 Å². The molecule has 0 radical (unpaired) electrons. The molecule has 1 atom stereocenters. The number of aliphatic hydroxyl groups is 1. The van der Waals surface area contributed by atoms with Crippen molar-refractivity contribution in [2.75, 3.05) is 5.73 Å². The summed E-state index contributed by atoms with van der Waals surface area (Å²) in [7, 11) is 0. The Labute approximate surface area is 107 Å². The highest BCUT2D eigenvalue weighted by molar-refractivity contribution is 7.99. The second-order valence-corrected chi connectivity index (χ2v) is 4.69. The molecule has 6 nitrogen and oxygen atoms in total. The number of pyridine rings is 1. The molecule has 0 bridgehead atoms. The fourth-order valence-corrected chi connectivity index (χ4v) is 2.04. The van der Waals surface area contributed by atoms with Gasteiger partial charge in [0.1, 0.15) is 10.8 Å². The minimum Gasteiger partial charge on any atom is -0.389 e. The number of anilines is 1. The van der Waals surface area contributed by atoms with Crippen LogP contribution in [0.5, 0.6) is 0 Å².